The maximum absolute atomic E-state index is 13.2. The number of amides is 1. The third kappa shape index (κ3) is 5.03. The zero-order valence-electron chi connectivity index (χ0n) is 18.8. The van der Waals surface area contributed by atoms with Gasteiger partial charge in [0.05, 0.1) is 11.3 Å². The molecule has 0 spiro atoms. The largest absolute Gasteiger partial charge is 0.368 e. The van der Waals surface area contributed by atoms with Crippen molar-refractivity contribution in [3.8, 4) is 0 Å². The van der Waals surface area contributed by atoms with E-state index in [1.54, 1.807) is 4.57 Å². The molecule has 0 aliphatic carbocycles. The summed E-state index contributed by atoms with van der Waals surface area (Å²) in [4.78, 5) is 35.1. The average molecular weight is 491 g/mol. The van der Waals surface area contributed by atoms with Gasteiger partial charge in [0.15, 0.2) is 5.16 Å². The number of fused-ring (bicyclic) bond motifs is 1. The number of thiophene rings is 1. The summed E-state index contributed by atoms with van der Waals surface area (Å²) in [7, 11) is 0. The Hall–Kier alpha value is -3.10. The van der Waals surface area contributed by atoms with Crippen molar-refractivity contribution in [2.75, 3.05) is 36.8 Å². The fourth-order valence-electron chi connectivity index (χ4n) is 4.19. The third-order valence-electron chi connectivity index (χ3n) is 6.08. The van der Waals surface area contributed by atoms with Crippen LogP contribution < -0.4 is 10.5 Å². The van der Waals surface area contributed by atoms with E-state index in [0.717, 1.165) is 19.5 Å². The van der Waals surface area contributed by atoms with Gasteiger partial charge < -0.3 is 9.80 Å². The second-order valence-corrected chi connectivity index (χ2v) is 10.1. The number of aryl methyl sites for hydroxylation is 1. The highest BCUT2D eigenvalue weighted by molar-refractivity contribution is 7.99. The highest BCUT2D eigenvalue weighted by Crippen LogP contribution is 2.22. The average Bonchev–Trinajstić information content (AvgIpc) is 3.37. The van der Waals surface area contributed by atoms with Gasteiger partial charge in [-0.3, -0.25) is 14.2 Å². The molecule has 3 heterocycles. The van der Waals surface area contributed by atoms with Crippen LogP contribution in [0.3, 0.4) is 0 Å². The van der Waals surface area contributed by atoms with E-state index in [4.69, 9.17) is 4.98 Å². The molecule has 0 N–H and O–H groups in total. The summed E-state index contributed by atoms with van der Waals surface area (Å²) < 4.78 is 2.40. The lowest BCUT2D eigenvalue weighted by atomic mass is 10.1. The Morgan fingerprint density at radius 2 is 1.65 bits per heavy atom. The monoisotopic (exact) mass is 490 g/mol. The molecule has 4 aromatic rings. The van der Waals surface area contributed by atoms with Crippen LogP contribution in [0.25, 0.3) is 10.2 Å². The second kappa shape index (κ2) is 10.4. The van der Waals surface area contributed by atoms with E-state index in [-0.39, 0.29) is 17.2 Å². The predicted molar refractivity (Wildman–Crippen MR) is 140 cm³/mol. The molecule has 8 heteroatoms. The molecule has 0 unspecified atom stereocenters. The van der Waals surface area contributed by atoms with Gasteiger partial charge in [0.25, 0.3) is 5.56 Å². The van der Waals surface area contributed by atoms with Gasteiger partial charge in [-0.25, -0.2) is 4.98 Å². The number of benzene rings is 2. The molecule has 1 amide bonds. The lowest BCUT2D eigenvalue weighted by Gasteiger charge is -2.36. The molecule has 0 atom stereocenters. The molecule has 2 aromatic carbocycles. The lowest BCUT2D eigenvalue weighted by molar-refractivity contribution is -0.128. The van der Waals surface area contributed by atoms with Crippen LogP contribution in [-0.2, 0) is 17.8 Å². The minimum Gasteiger partial charge on any atom is -0.368 e. The van der Waals surface area contributed by atoms with Crippen LogP contribution in [0.5, 0.6) is 0 Å². The number of anilines is 1. The molecule has 34 heavy (non-hydrogen) atoms. The van der Waals surface area contributed by atoms with Crippen LogP contribution in [-0.4, -0.2) is 52.3 Å². The molecule has 1 aliphatic heterocycles. The number of hydrogen-bond acceptors (Lipinski definition) is 6. The number of rotatable bonds is 7. The summed E-state index contributed by atoms with van der Waals surface area (Å²) in [6, 6.07) is 22.3. The Morgan fingerprint density at radius 1 is 0.941 bits per heavy atom. The number of aromatic nitrogens is 2. The Morgan fingerprint density at radius 3 is 2.38 bits per heavy atom. The van der Waals surface area contributed by atoms with E-state index < -0.39 is 0 Å². The van der Waals surface area contributed by atoms with Crippen molar-refractivity contribution in [2.24, 2.45) is 0 Å². The fraction of sp³-hybridized carbons (Fsp3) is 0.269. The first-order valence-corrected chi connectivity index (χ1v) is 13.3. The van der Waals surface area contributed by atoms with Gasteiger partial charge in [0.1, 0.15) is 4.70 Å². The zero-order chi connectivity index (χ0) is 23.3. The highest BCUT2D eigenvalue weighted by Gasteiger charge is 2.22. The standard InChI is InChI=1S/C26H26N4O2S2/c31-23(29-16-14-28(15-17-29)21-9-5-2-6-10-21)19-34-26-27-22-12-18-33-24(22)25(32)30(26)13-11-20-7-3-1-4-8-20/h1-10,12,18H,11,13-17,19H2. The summed E-state index contributed by atoms with van der Waals surface area (Å²) >= 11 is 2.78. The minimum atomic E-state index is -0.0256. The number of thioether (sulfide) groups is 1. The summed E-state index contributed by atoms with van der Waals surface area (Å²) in [5, 5.41) is 2.51. The van der Waals surface area contributed by atoms with Crippen LogP contribution in [0.1, 0.15) is 5.56 Å². The van der Waals surface area contributed by atoms with E-state index in [0.29, 0.717) is 35.0 Å². The van der Waals surface area contributed by atoms with Gasteiger partial charge >= 0.3 is 0 Å². The Kier molecular flexibility index (Phi) is 6.97. The molecule has 0 radical (unpaired) electrons. The van der Waals surface area contributed by atoms with Crippen LogP contribution in [0.15, 0.2) is 82.1 Å². The first-order valence-electron chi connectivity index (χ1n) is 11.4. The van der Waals surface area contributed by atoms with E-state index in [1.807, 2.05) is 52.7 Å². The molecule has 0 bridgehead atoms. The molecular formula is C26H26N4O2S2. The van der Waals surface area contributed by atoms with E-state index in [9.17, 15) is 9.59 Å². The molecule has 1 saturated heterocycles. The molecule has 5 rings (SSSR count). The first kappa shape index (κ1) is 22.7. The highest BCUT2D eigenvalue weighted by atomic mass is 32.2. The van der Waals surface area contributed by atoms with E-state index in [1.165, 1.54) is 34.3 Å². The Bertz CT molecular complexity index is 1310. The van der Waals surface area contributed by atoms with Gasteiger partial charge in [-0.05, 0) is 35.6 Å². The molecule has 6 nitrogen and oxygen atoms in total. The first-order chi connectivity index (χ1) is 16.7. The van der Waals surface area contributed by atoms with Crippen molar-refractivity contribution in [2.45, 2.75) is 18.1 Å². The van der Waals surface area contributed by atoms with Crippen molar-refractivity contribution < 1.29 is 4.79 Å². The van der Waals surface area contributed by atoms with Crippen molar-refractivity contribution in [1.29, 1.82) is 0 Å². The number of carbonyl (C=O) groups excluding carboxylic acids is 1. The smallest absolute Gasteiger partial charge is 0.272 e. The van der Waals surface area contributed by atoms with Crippen LogP contribution in [0.4, 0.5) is 5.69 Å². The van der Waals surface area contributed by atoms with Crippen molar-refractivity contribution >= 4 is 44.9 Å². The lowest BCUT2D eigenvalue weighted by Crippen LogP contribution is -2.49. The number of hydrogen-bond donors (Lipinski definition) is 0. The molecule has 1 aliphatic rings. The Labute approximate surface area is 206 Å². The van der Waals surface area contributed by atoms with Gasteiger partial charge in [0, 0.05) is 38.4 Å². The van der Waals surface area contributed by atoms with Crippen molar-refractivity contribution in [1.82, 2.24) is 14.5 Å². The topological polar surface area (TPSA) is 58.4 Å². The van der Waals surface area contributed by atoms with Gasteiger partial charge in [0.2, 0.25) is 5.91 Å². The normalized spacial score (nSPS) is 14.0. The SMILES string of the molecule is O=C(CSc1nc2ccsc2c(=O)n1CCc1ccccc1)N1CCN(c2ccccc2)CC1. The summed E-state index contributed by atoms with van der Waals surface area (Å²) in [5.41, 5.74) is 3.04. The van der Waals surface area contributed by atoms with Crippen LogP contribution in [0.2, 0.25) is 0 Å². The fourth-order valence-corrected chi connectivity index (χ4v) is 5.89. The molecule has 0 saturated carbocycles. The van der Waals surface area contributed by atoms with Gasteiger partial charge in [-0.15, -0.1) is 11.3 Å². The number of nitrogens with zero attached hydrogens (tertiary/aromatic N) is 4. The molecule has 1 fully saturated rings. The quantitative estimate of drug-likeness (QED) is 0.288. The maximum atomic E-state index is 13.2. The van der Waals surface area contributed by atoms with Gasteiger partial charge in [-0.2, -0.15) is 0 Å². The summed E-state index contributed by atoms with van der Waals surface area (Å²) in [6.45, 7) is 3.58. The van der Waals surface area contributed by atoms with Crippen LogP contribution >= 0.6 is 23.1 Å². The predicted octanol–water partition coefficient (Wildman–Crippen LogP) is 4.14. The van der Waals surface area contributed by atoms with Crippen LogP contribution in [0, 0.1) is 0 Å². The van der Waals surface area contributed by atoms with E-state index >= 15 is 0 Å². The van der Waals surface area contributed by atoms with E-state index in [2.05, 4.69) is 29.2 Å². The molecular weight excluding hydrogens is 464 g/mol. The number of carbonyl (C=O) groups is 1. The third-order valence-corrected chi connectivity index (χ3v) is 7.93. The zero-order valence-corrected chi connectivity index (χ0v) is 20.4. The summed E-state index contributed by atoms with van der Waals surface area (Å²) in [5.74, 6) is 0.366. The second-order valence-electron chi connectivity index (χ2n) is 8.21. The van der Waals surface area contributed by atoms with Crippen molar-refractivity contribution in [3.05, 3.63) is 88.0 Å². The van der Waals surface area contributed by atoms with Gasteiger partial charge in [-0.1, -0.05) is 60.3 Å². The Balaban J connectivity index is 1.26. The number of piperazine rings is 1. The molecule has 174 valence electrons. The van der Waals surface area contributed by atoms with Crippen molar-refractivity contribution in [3.63, 3.8) is 0 Å². The summed E-state index contributed by atoms with van der Waals surface area (Å²) in [6.07, 6.45) is 0.738. The minimum absolute atomic E-state index is 0.0256. The number of para-hydroxylation sites is 1. The molecule has 2 aromatic heterocycles. The maximum Gasteiger partial charge on any atom is 0.272 e.